The van der Waals surface area contributed by atoms with Crippen molar-refractivity contribution in [1.29, 1.82) is 0 Å². The number of rotatable bonds is 3. The Balaban J connectivity index is 1.83. The molecule has 7 heteroatoms. The topological polar surface area (TPSA) is 72.7 Å². The molecule has 0 aliphatic carbocycles. The van der Waals surface area contributed by atoms with E-state index in [1.165, 1.54) is 11.6 Å². The quantitative estimate of drug-likeness (QED) is 0.750. The number of nitrogens with zero attached hydrogens (tertiary/aromatic N) is 2. The van der Waals surface area contributed by atoms with Crippen LogP contribution in [0.2, 0.25) is 5.02 Å². The molecule has 3 rings (SSSR count). The second-order valence-electron chi connectivity index (χ2n) is 4.72. The van der Waals surface area contributed by atoms with Crippen LogP contribution in [0.25, 0.3) is 5.52 Å². The Kier molecular flexibility index (Phi) is 3.99. The number of methoxy groups -OCH3 is 1. The van der Waals surface area contributed by atoms with Crippen molar-refractivity contribution in [1.82, 2.24) is 9.61 Å². The number of hydrogen-bond acceptors (Lipinski definition) is 4. The predicted octanol–water partition coefficient (Wildman–Crippen LogP) is 3.03. The van der Waals surface area contributed by atoms with Crippen LogP contribution in [0.1, 0.15) is 20.8 Å². The van der Waals surface area contributed by atoms with Crippen LogP contribution in [0.15, 0.2) is 48.7 Å². The molecule has 2 heterocycles. The number of carbonyl (C=O) groups is 2. The van der Waals surface area contributed by atoms with E-state index in [1.807, 2.05) is 6.07 Å². The van der Waals surface area contributed by atoms with Gasteiger partial charge < -0.3 is 10.1 Å². The predicted molar refractivity (Wildman–Crippen MR) is 85.9 cm³/mol. The van der Waals surface area contributed by atoms with Gasteiger partial charge in [0.05, 0.1) is 23.2 Å². The third-order valence-corrected chi connectivity index (χ3v) is 3.63. The van der Waals surface area contributed by atoms with Gasteiger partial charge in [0.25, 0.3) is 5.91 Å². The molecule has 3 aromatic rings. The second-order valence-corrected chi connectivity index (χ2v) is 5.09. The van der Waals surface area contributed by atoms with Crippen LogP contribution < -0.4 is 5.32 Å². The van der Waals surface area contributed by atoms with Crippen molar-refractivity contribution in [3.63, 3.8) is 0 Å². The van der Waals surface area contributed by atoms with E-state index >= 15 is 0 Å². The molecule has 0 bridgehead atoms. The number of fused-ring (bicyclic) bond motifs is 1. The van der Waals surface area contributed by atoms with Crippen LogP contribution in [0.5, 0.6) is 0 Å². The normalized spacial score (nSPS) is 10.5. The summed E-state index contributed by atoms with van der Waals surface area (Å²) in [6.45, 7) is 0. The molecule has 2 aromatic heterocycles. The van der Waals surface area contributed by atoms with Gasteiger partial charge in [0.1, 0.15) is 0 Å². The lowest BCUT2D eigenvalue weighted by atomic mass is 10.2. The van der Waals surface area contributed by atoms with Crippen LogP contribution in [0, 0.1) is 0 Å². The van der Waals surface area contributed by atoms with Gasteiger partial charge in [0, 0.05) is 11.9 Å². The van der Waals surface area contributed by atoms with E-state index in [0.29, 0.717) is 16.8 Å². The maximum absolute atomic E-state index is 12.3. The van der Waals surface area contributed by atoms with Gasteiger partial charge in [-0.2, -0.15) is 5.10 Å². The number of amides is 1. The summed E-state index contributed by atoms with van der Waals surface area (Å²) in [5, 5.41) is 7.15. The number of carbonyl (C=O) groups excluding carboxylic acids is 2. The molecule has 0 fully saturated rings. The van der Waals surface area contributed by atoms with Crippen molar-refractivity contribution in [2.45, 2.75) is 0 Å². The molecule has 0 aliphatic heterocycles. The molecular formula is C16H12ClN3O3. The average Bonchev–Trinajstić information content (AvgIpc) is 2.92. The number of nitrogens with one attached hydrogen (secondary N) is 1. The molecule has 0 unspecified atom stereocenters. The third-order valence-electron chi connectivity index (χ3n) is 3.26. The van der Waals surface area contributed by atoms with E-state index in [4.69, 9.17) is 11.6 Å². The number of aromatic nitrogens is 2. The van der Waals surface area contributed by atoms with Gasteiger partial charge in [-0.05, 0) is 36.4 Å². The first-order chi connectivity index (χ1) is 11.1. The minimum atomic E-state index is -0.439. The van der Waals surface area contributed by atoms with Gasteiger partial charge in [0.15, 0.2) is 5.69 Å². The van der Waals surface area contributed by atoms with Crippen LogP contribution in [-0.2, 0) is 4.74 Å². The summed E-state index contributed by atoms with van der Waals surface area (Å²) in [4.78, 5) is 23.7. The Morgan fingerprint density at radius 3 is 2.57 bits per heavy atom. The lowest BCUT2D eigenvalue weighted by Crippen LogP contribution is -2.13. The zero-order valence-electron chi connectivity index (χ0n) is 12.1. The Hall–Kier alpha value is -2.86. The lowest BCUT2D eigenvalue weighted by Gasteiger charge is -2.04. The van der Waals surface area contributed by atoms with Crippen molar-refractivity contribution < 1.29 is 14.3 Å². The van der Waals surface area contributed by atoms with Crippen molar-refractivity contribution in [2.75, 3.05) is 12.4 Å². The molecule has 0 aliphatic rings. The Labute approximate surface area is 136 Å². The summed E-state index contributed by atoms with van der Waals surface area (Å²) < 4.78 is 6.16. The highest BCUT2D eigenvalue weighted by molar-refractivity contribution is 6.37. The minimum Gasteiger partial charge on any atom is -0.465 e. The van der Waals surface area contributed by atoms with Crippen molar-refractivity contribution in [2.24, 2.45) is 0 Å². The first-order valence-corrected chi connectivity index (χ1v) is 7.10. The zero-order valence-corrected chi connectivity index (χ0v) is 12.9. The average molecular weight is 330 g/mol. The third kappa shape index (κ3) is 2.89. The highest BCUT2D eigenvalue weighted by Gasteiger charge is 2.18. The summed E-state index contributed by atoms with van der Waals surface area (Å²) in [7, 11) is 1.31. The van der Waals surface area contributed by atoms with Crippen molar-refractivity contribution in [3.05, 3.63) is 64.9 Å². The molecule has 6 nitrogen and oxygen atoms in total. The lowest BCUT2D eigenvalue weighted by molar-refractivity contribution is 0.0600. The Bertz CT molecular complexity index is 887. The second kappa shape index (κ2) is 6.10. The molecule has 0 radical (unpaired) electrons. The molecule has 0 saturated heterocycles. The van der Waals surface area contributed by atoms with Crippen molar-refractivity contribution in [3.8, 4) is 0 Å². The maximum atomic E-state index is 12.3. The van der Waals surface area contributed by atoms with Gasteiger partial charge in [-0.3, -0.25) is 4.79 Å². The highest BCUT2D eigenvalue weighted by Crippen LogP contribution is 2.22. The Morgan fingerprint density at radius 2 is 1.91 bits per heavy atom. The number of pyridine rings is 1. The first kappa shape index (κ1) is 15.1. The molecule has 0 saturated carbocycles. The van der Waals surface area contributed by atoms with Gasteiger partial charge in [-0.1, -0.05) is 17.7 Å². The van der Waals surface area contributed by atoms with Crippen LogP contribution >= 0.6 is 11.6 Å². The molecule has 0 atom stereocenters. The molecule has 0 spiro atoms. The van der Waals surface area contributed by atoms with Gasteiger partial charge in [-0.25, -0.2) is 9.31 Å². The summed E-state index contributed by atoms with van der Waals surface area (Å²) >= 11 is 6.20. The summed E-state index contributed by atoms with van der Waals surface area (Å²) in [6, 6.07) is 11.7. The minimum absolute atomic E-state index is 0.134. The largest absolute Gasteiger partial charge is 0.465 e. The maximum Gasteiger partial charge on any atom is 0.337 e. The van der Waals surface area contributed by atoms with Crippen LogP contribution in [0.4, 0.5) is 5.69 Å². The first-order valence-electron chi connectivity index (χ1n) is 6.73. The fraction of sp³-hybridized carbons (Fsp3) is 0.0625. The van der Waals surface area contributed by atoms with E-state index in [-0.39, 0.29) is 10.7 Å². The molecular weight excluding hydrogens is 318 g/mol. The van der Waals surface area contributed by atoms with Crippen LogP contribution in [-0.4, -0.2) is 28.6 Å². The molecule has 1 N–H and O–H groups in total. The number of halogens is 1. The molecule has 1 amide bonds. The standard InChI is InChI=1S/C16H12ClN3O3/c1-23-16(22)10-5-7-11(8-6-10)18-15(21)14-13(17)12-4-2-3-9-20(12)19-14/h2-9H,1H3,(H,18,21). The fourth-order valence-electron chi connectivity index (χ4n) is 2.11. The number of ether oxygens (including phenoxy) is 1. The summed E-state index contributed by atoms with van der Waals surface area (Å²) in [6.07, 6.45) is 1.71. The van der Waals surface area contributed by atoms with E-state index in [2.05, 4.69) is 15.2 Å². The number of anilines is 1. The highest BCUT2D eigenvalue weighted by atomic mass is 35.5. The van der Waals surface area contributed by atoms with E-state index in [0.717, 1.165) is 0 Å². The smallest absolute Gasteiger partial charge is 0.337 e. The van der Waals surface area contributed by atoms with E-state index in [1.54, 1.807) is 42.6 Å². The number of esters is 1. The molecule has 23 heavy (non-hydrogen) atoms. The zero-order chi connectivity index (χ0) is 16.4. The van der Waals surface area contributed by atoms with Crippen LogP contribution in [0.3, 0.4) is 0 Å². The Morgan fingerprint density at radius 1 is 1.17 bits per heavy atom. The summed E-state index contributed by atoms with van der Waals surface area (Å²) in [5.74, 6) is -0.865. The van der Waals surface area contributed by atoms with E-state index < -0.39 is 11.9 Å². The number of benzene rings is 1. The number of hydrogen-bond donors (Lipinski definition) is 1. The van der Waals surface area contributed by atoms with Gasteiger partial charge >= 0.3 is 5.97 Å². The summed E-state index contributed by atoms with van der Waals surface area (Å²) in [5.41, 5.74) is 1.71. The fourth-order valence-corrected chi connectivity index (χ4v) is 2.38. The van der Waals surface area contributed by atoms with Gasteiger partial charge in [0.2, 0.25) is 0 Å². The SMILES string of the molecule is COC(=O)c1ccc(NC(=O)c2nn3ccccc3c2Cl)cc1. The van der Waals surface area contributed by atoms with Gasteiger partial charge in [-0.15, -0.1) is 0 Å². The van der Waals surface area contributed by atoms with E-state index in [9.17, 15) is 9.59 Å². The monoisotopic (exact) mass is 329 g/mol. The van der Waals surface area contributed by atoms with Crippen molar-refractivity contribution >= 4 is 34.7 Å². The molecule has 1 aromatic carbocycles. The molecule has 116 valence electrons.